The van der Waals surface area contributed by atoms with Gasteiger partial charge in [0.1, 0.15) is 83.2 Å². The first kappa shape index (κ1) is 98.9. The molecule has 5 aliphatic heterocycles. The molecule has 40 heteroatoms. The van der Waals surface area contributed by atoms with Crippen LogP contribution in [0.25, 0.3) is 10.4 Å². The summed E-state index contributed by atoms with van der Waals surface area (Å²) < 4.78 is 223. The molecule has 6 aromatic carbocycles. The van der Waals surface area contributed by atoms with Crippen molar-refractivity contribution < 1.29 is 128 Å². The molecule has 4 unspecified atom stereocenters. The van der Waals surface area contributed by atoms with Crippen LogP contribution in [-0.4, -0.2) is 172 Å². The number of carboxylic acid groups (broad SMARTS) is 1. The van der Waals surface area contributed by atoms with Gasteiger partial charge in [-0.15, -0.1) is 0 Å². The van der Waals surface area contributed by atoms with Gasteiger partial charge in [-0.05, 0) is 80.7 Å². The third-order valence-corrected chi connectivity index (χ3v) is 20.4. The smallest absolute Gasteiger partial charge is 0.411 e. The fourth-order valence-corrected chi connectivity index (χ4v) is 14.2. The van der Waals surface area contributed by atoms with Gasteiger partial charge in [0.25, 0.3) is 47.2 Å². The number of nitrogens with zero attached hydrogens (tertiary/aromatic N) is 8. The van der Waals surface area contributed by atoms with E-state index in [9.17, 15) is 105 Å². The predicted molar refractivity (Wildman–Crippen MR) is 431 cm³/mol. The summed E-state index contributed by atoms with van der Waals surface area (Å²) in [5.74, 6) is -26.0. The van der Waals surface area contributed by atoms with Crippen LogP contribution >= 0.6 is 0 Å². The van der Waals surface area contributed by atoms with Crippen molar-refractivity contribution in [3.63, 3.8) is 0 Å². The Morgan fingerprint density at radius 3 is 1.52 bits per heavy atom. The number of amides is 4. The second-order valence-corrected chi connectivity index (χ2v) is 31.4. The van der Waals surface area contributed by atoms with E-state index < -0.39 is 220 Å². The molecule has 686 valence electrons. The van der Waals surface area contributed by atoms with E-state index in [0.29, 0.717) is 66.2 Å². The summed E-state index contributed by atoms with van der Waals surface area (Å²) in [7, 11) is 2.35. The number of hydrogen-bond acceptors (Lipinski definition) is 18. The highest BCUT2D eigenvalue weighted by molar-refractivity contribution is 5.99. The highest BCUT2D eigenvalue weighted by Gasteiger charge is 2.48. The number of methoxy groups -OCH3 is 2. The Morgan fingerprint density at radius 2 is 1.02 bits per heavy atom. The summed E-state index contributed by atoms with van der Waals surface area (Å²) >= 11 is 0. The summed E-state index contributed by atoms with van der Waals surface area (Å²) in [5.41, 5.74) is 6.33. The minimum Gasteiger partial charge on any atom is -0.483 e. The van der Waals surface area contributed by atoms with Crippen molar-refractivity contribution in [2.24, 2.45) is 5.11 Å². The Kier molecular flexibility index (Phi) is 34.1. The van der Waals surface area contributed by atoms with Crippen molar-refractivity contribution in [1.82, 2.24) is 34.8 Å². The molecule has 8 aromatic rings. The number of aliphatic carboxylic acids is 1. The molecule has 0 aliphatic carbocycles. The standard InChI is InChI=1S/C28H24F5N3O4.C22H16F3NO6.C14H17F2NO2.C13H16F2N4.C11H17F2NO4/c29-17-9-21(30)19(22(31)10-17)11-34-26(38)20-13-36-18-7-4-8-28(32,33)15-35(12-18)27(39)23(36)25(24(20)37)40-14-16-5-2-1-3-6-16;1-30-22(29)20-19(31-10-12-5-3-2-4-6-12)18(27)15(11-32-20)21(28)26-9-14-16(24)7-13(23)8-17(14)25;1-19-13(18)12-7-8-14(15,16)10-17(12)9-11-5-3-2-4-6-11;14-13(15)7-6-12(17-18-16)9-19(10-13)8-11-4-2-1-3-5-11;1-10(2,3)18-9(17)14-6-11(12,13)5-4-7(14)8(15)16/h1-3,5-6,9-10,13,18H,4,7-8,11-12,14-15H2,(H,34,38);2-8,11H,9-10H2,1H3,(H,26,28);2-6,12H,7-10H2,1H3;1-5,12H,6-10H2;7H,4-6H2,1-3H3,(H,15,16). The van der Waals surface area contributed by atoms with E-state index in [-0.39, 0.29) is 83.0 Å². The van der Waals surface area contributed by atoms with Crippen LogP contribution < -0.4 is 31.0 Å². The van der Waals surface area contributed by atoms with Crippen molar-refractivity contribution in [3.05, 3.63) is 280 Å². The Balaban J connectivity index is 0.000000188. The third-order valence-electron chi connectivity index (χ3n) is 20.4. The van der Waals surface area contributed by atoms with Gasteiger partial charge >= 0.3 is 24.0 Å². The molecule has 4 atom stereocenters. The van der Waals surface area contributed by atoms with Crippen LogP contribution in [0.15, 0.2) is 177 Å². The number of rotatable bonds is 20. The van der Waals surface area contributed by atoms with Crippen molar-refractivity contribution in [3.8, 4) is 11.5 Å². The molecule has 7 heterocycles. The quantitative estimate of drug-likeness (QED) is 0.0159. The highest BCUT2D eigenvalue weighted by Crippen LogP contribution is 2.39. The molecule has 0 radical (unpaired) electrons. The second kappa shape index (κ2) is 44.1. The van der Waals surface area contributed by atoms with Gasteiger partial charge in [0.05, 0.1) is 52.5 Å². The van der Waals surface area contributed by atoms with E-state index in [2.05, 4.69) is 25.4 Å². The number of alkyl halides is 8. The molecule has 4 saturated heterocycles. The number of carboxylic acids is 1. The van der Waals surface area contributed by atoms with E-state index in [1.807, 2.05) is 60.7 Å². The molecule has 2 aromatic heterocycles. The van der Waals surface area contributed by atoms with E-state index in [4.69, 9.17) is 34.0 Å². The van der Waals surface area contributed by atoms with E-state index in [1.54, 1.807) is 86.3 Å². The molecular formula is C88H90F14N10O16. The van der Waals surface area contributed by atoms with Crippen LogP contribution in [0.3, 0.4) is 0 Å². The lowest BCUT2D eigenvalue weighted by Gasteiger charge is -2.40. The van der Waals surface area contributed by atoms with Gasteiger partial charge < -0.3 is 53.3 Å². The summed E-state index contributed by atoms with van der Waals surface area (Å²) in [4.78, 5) is 119. The van der Waals surface area contributed by atoms with Gasteiger partial charge in [-0.1, -0.05) is 126 Å². The zero-order chi connectivity index (χ0) is 93.6. The molecule has 0 spiro atoms. The van der Waals surface area contributed by atoms with Crippen LogP contribution in [0.4, 0.5) is 66.3 Å². The van der Waals surface area contributed by atoms with Gasteiger partial charge in [0.2, 0.25) is 16.6 Å². The van der Waals surface area contributed by atoms with Crippen LogP contribution in [0, 0.1) is 34.9 Å². The van der Waals surface area contributed by atoms with Crippen molar-refractivity contribution in [2.75, 3.05) is 53.5 Å². The predicted octanol–water partition coefficient (Wildman–Crippen LogP) is 16.1. The fourth-order valence-electron chi connectivity index (χ4n) is 14.2. The minimum atomic E-state index is -3.10. The van der Waals surface area contributed by atoms with Crippen LogP contribution in [-0.2, 0) is 63.2 Å². The highest BCUT2D eigenvalue weighted by atomic mass is 19.3. The second-order valence-electron chi connectivity index (χ2n) is 31.4. The number of carbonyl (C=O) groups excluding carboxylic acids is 6. The molecule has 4 fully saturated rings. The monoisotopic (exact) mass is 1810 g/mol. The number of likely N-dealkylation sites (tertiary alicyclic amines) is 3. The van der Waals surface area contributed by atoms with E-state index in [0.717, 1.165) is 29.3 Å². The van der Waals surface area contributed by atoms with Crippen molar-refractivity contribution in [2.45, 2.75) is 171 Å². The Labute approximate surface area is 723 Å². The molecule has 13 rings (SSSR count). The van der Waals surface area contributed by atoms with Gasteiger partial charge in [-0.2, -0.15) is 0 Å². The molecule has 5 aliphatic rings. The number of esters is 2. The lowest BCUT2D eigenvalue weighted by Crippen LogP contribution is -2.55. The number of halogens is 14. The number of fused-ring (bicyclic) bond motifs is 4. The first-order chi connectivity index (χ1) is 60.5. The number of benzene rings is 6. The summed E-state index contributed by atoms with van der Waals surface area (Å²) in [6.45, 7) is 1.81. The molecule has 26 nitrogen and oxygen atoms in total. The summed E-state index contributed by atoms with van der Waals surface area (Å²) in [5, 5.41) is 16.9. The average Bonchev–Trinajstić information content (AvgIpc) is 1.03. The first-order valence-electron chi connectivity index (χ1n) is 39.9. The number of aromatic nitrogens is 1. The SMILES string of the molecule is CC(C)(C)OC(=O)N1CC(F)(F)CCC1C(=O)O.COC(=O)C1CCC(F)(F)CN1Cc1ccccc1.COC(=O)c1occ(C(=O)NCc2c(F)cc(F)cc2F)c(=O)c1OCc1ccccc1.O=C(NCc1c(F)cc(F)cc1F)c1cn2c(c(OCc3ccccc3)c1=O)C(=O)N1CC2CCCC(F)(F)C1.[N-]=[N+]=NC1CCC(F)(F)CN(Cc2ccccc2)C1. The largest absolute Gasteiger partial charge is 0.483 e. The lowest BCUT2D eigenvalue weighted by molar-refractivity contribution is -0.156. The molecule has 128 heavy (non-hydrogen) atoms. The van der Waals surface area contributed by atoms with Gasteiger partial charge in [-0.25, -0.2) is 75.8 Å². The first-order valence-corrected chi connectivity index (χ1v) is 39.9. The molecule has 0 saturated carbocycles. The number of hydrogen-bond donors (Lipinski definition) is 3. The Bertz CT molecular complexity index is 5360. The van der Waals surface area contributed by atoms with Crippen molar-refractivity contribution in [1.29, 1.82) is 0 Å². The maximum atomic E-state index is 14.4. The maximum Gasteiger partial charge on any atom is 0.411 e. The molecular weight excluding hydrogens is 1720 g/mol. The van der Waals surface area contributed by atoms with E-state index in [1.165, 1.54) is 16.6 Å². The number of piperidine rings is 2. The number of azide groups is 1. The van der Waals surface area contributed by atoms with Gasteiger partial charge in [0, 0.05) is 111 Å². The fraction of sp³-hybridized carbons (Fsp3) is 0.398. The van der Waals surface area contributed by atoms with Crippen LogP contribution in [0.1, 0.15) is 160 Å². The van der Waals surface area contributed by atoms with E-state index >= 15 is 0 Å². The van der Waals surface area contributed by atoms with Gasteiger partial charge in [-0.3, -0.25) is 43.5 Å². The average molecular weight is 1810 g/mol. The van der Waals surface area contributed by atoms with Crippen molar-refractivity contribution >= 4 is 41.7 Å². The topological polar surface area (TPSA) is 324 Å². The zero-order valence-corrected chi connectivity index (χ0v) is 69.6. The summed E-state index contributed by atoms with van der Waals surface area (Å²) in [6, 6.07) is 35.2. The zero-order valence-electron chi connectivity index (χ0n) is 69.6. The molecule has 3 N–H and O–H groups in total. The molecule has 2 bridgehead atoms. The number of pyridine rings is 1. The normalized spacial score (nSPS) is 18.4. The molecule has 4 amide bonds. The Morgan fingerprint density at radius 1 is 0.562 bits per heavy atom. The maximum absolute atomic E-state index is 14.4. The number of carbonyl (C=O) groups is 7. The lowest BCUT2D eigenvalue weighted by atomic mass is 9.97. The number of ether oxygens (including phenoxy) is 5. The summed E-state index contributed by atoms with van der Waals surface area (Å²) in [6.07, 6.45) is -0.149. The minimum absolute atomic E-state index is 0.0600. The number of nitrogens with one attached hydrogen (secondary N) is 2. The Hall–Kier alpha value is -12.8. The third kappa shape index (κ3) is 28.1. The van der Waals surface area contributed by atoms with Crippen LogP contribution in [0.2, 0.25) is 0 Å². The van der Waals surface area contributed by atoms with Gasteiger partial charge in [0.15, 0.2) is 11.4 Å². The van der Waals surface area contributed by atoms with Crippen LogP contribution in [0.5, 0.6) is 11.5 Å².